The van der Waals surface area contributed by atoms with Crippen molar-refractivity contribution < 1.29 is 24.2 Å². The number of aliphatic hydroxyl groups excluding tert-OH is 1. The number of allylic oxidation sites excluding steroid dienone is 1. The van der Waals surface area contributed by atoms with Gasteiger partial charge in [-0.25, -0.2) is 4.79 Å². The van der Waals surface area contributed by atoms with Gasteiger partial charge in [0, 0.05) is 11.1 Å². The van der Waals surface area contributed by atoms with Crippen molar-refractivity contribution in [2.75, 3.05) is 13.7 Å². The average Bonchev–Trinajstić information content (AvgIpc) is 2.95. The predicted molar refractivity (Wildman–Crippen MR) is 100 cm³/mol. The fraction of sp³-hybridized carbons (Fsp3) is 0.333. The van der Waals surface area contributed by atoms with Gasteiger partial charge in [-0.05, 0) is 43.9 Å². The summed E-state index contributed by atoms with van der Waals surface area (Å²) >= 11 is 0. The Morgan fingerprint density at radius 3 is 2.78 bits per heavy atom. The zero-order chi connectivity index (χ0) is 19.4. The van der Waals surface area contributed by atoms with E-state index < -0.39 is 5.97 Å². The Bertz CT molecular complexity index is 894. The maximum Gasteiger partial charge on any atom is 0.354 e. The molecule has 0 atom stereocenters. The first-order valence-electron chi connectivity index (χ1n) is 9.00. The van der Waals surface area contributed by atoms with Crippen LogP contribution in [0, 0.1) is 0 Å². The topological polar surface area (TPSA) is 77.8 Å². The smallest absolute Gasteiger partial charge is 0.354 e. The molecule has 0 unspecified atom stereocenters. The number of aryl methyl sites for hydroxylation is 1. The molecule has 1 aliphatic carbocycles. The number of aromatic nitrogens is 1. The van der Waals surface area contributed by atoms with E-state index in [0.29, 0.717) is 35.6 Å². The fourth-order valence-corrected chi connectivity index (χ4v) is 3.46. The van der Waals surface area contributed by atoms with E-state index in [2.05, 4.69) is 0 Å². The monoisotopic (exact) mass is 369 g/mol. The molecule has 0 saturated heterocycles. The van der Waals surface area contributed by atoms with Crippen molar-refractivity contribution in [3.8, 4) is 5.75 Å². The molecule has 142 valence electrons. The first-order chi connectivity index (χ1) is 13.1. The molecule has 0 bridgehead atoms. The Balaban J connectivity index is 2.16. The molecule has 1 aromatic heterocycles. The van der Waals surface area contributed by atoms with E-state index in [1.54, 1.807) is 24.7 Å². The summed E-state index contributed by atoms with van der Waals surface area (Å²) in [5.41, 5.74) is 2.76. The molecule has 1 N–H and O–H groups in total. The van der Waals surface area contributed by atoms with Crippen molar-refractivity contribution in [1.82, 2.24) is 4.57 Å². The number of rotatable bonds is 5. The molecule has 0 fully saturated rings. The van der Waals surface area contributed by atoms with Crippen LogP contribution in [-0.2, 0) is 17.7 Å². The van der Waals surface area contributed by atoms with E-state index in [1.807, 2.05) is 24.3 Å². The number of Topliss-reactive ketones (excluding diaryl/α,β-unsaturated/α-hetero) is 1. The number of hydrogen-bond donors (Lipinski definition) is 1. The first kappa shape index (κ1) is 18.8. The van der Waals surface area contributed by atoms with Crippen molar-refractivity contribution in [3.05, 3.63) is 64.7 Å². The van der Waals surface area contributed by atoms with Gasteiger partial charge in [0.1, 0.15) is 11.4 Å². The number of ketones is 1. The van der Waals surface area contributed by atoms with Gasteiger partial charge in [0.15, 0.2) is 0 Å². The summed E-state index contributed by atoms with van der Waals surface area (Å²) in [6.07, 6.45) is 2.77. The zero-order valence-electron chi connectivity index (χ0n) is 15.5. The molecule has 0 radical (unpaired) electrons. The summed E-state index contributed by atoms with van der Waals surface area (Å²) in [5.74, 6) is -0.0491. The maximum absolute atomic E-state index is 13.0. The van der Waals surface area contributed by atoms with Gasteiger partial charge in [0.25, 0.3) is 0 Å². The first-order valence-corrected chi connectivity index (χ1v) is 9.00. The molecule has 6 nitrogen and oxygen atoms in total. The van der Waals surface area contributed by atoms with Crippen molar-refractivity contribution in [2.45, 2.75) is 32.7 Å². The summed E-state index contributed by atoms with van der Waals surface area (Å²) in [5, 5.41) is 9.47. The lowest BCUT2D eigenvalue weighted by Gasteiger charge is -2.15. The number of para-hydroxylation sites is 1. The van der Waals surface area contributed by atoms with E-state index in [1.165, 1.54) is 0 Å². The van der Waals surface area contributed by atoms with Crippen LogP contribution in [0.4, 0.5) is 0 Å². The van der Waals surface area contributed by atoms with Crippen LogP contribution in [0.25, 0.3) is 0 Å². The lowest BCUT2D eigenvalue weighted by molar-refractivity contribution is 0.0514. The van der Waals surface area contributed by atoms with Gasteiger partial charge in [-0.15, -0.1) is 0 Å². The van der Waals surface area contributed by atoms with Crippen LogP contribution in [0.2, 0.25) is 0 Å². The van der Waals surface area contributed by atoms with E-state index in [4.69, 9.17) is 9.47 Å². The molecule has 0 spiro atoms. The third kappa shape index (κ3) is 3.60. The average molecular weight is 369 g/mol. The Kier molecular flexibility index (Phi) is 5.64. The van der Waals surface area contributed by atoms with Gasteiger partial charge < -0.3 is 19.1 Å². The van der Waals surface area contributed by atoms with Gasteiger partial charge in [-0.2, -0.15) is 0 Å². The number of carbonyl (C=O) groups excluding carboxylic acids is 2. The van der Waals surface area contributed by atoms with Gasteiger partial charge in [0.2, 0.25) is 5.78 Å². The number of nitrogens with zero attached hydrogens (tertiary/aromatic N) is 1. The largest absolute Gasteiger partial charge is 0.515 e. The molecule has 0 amide bonds. The van der Waals surface area contributed by atoms with Gasteiger partial charge >= 0.3 is 5.97 Å². The Hall–Kier alpha value is -3.02. The minimum Gasteiger partial charge on any atom is -0.515 e. The number of benzene rings is 1. The second-order valence-electron chi connectivity index (χ2n) is 6.36. The van der Waals surface area contributed by atoms with Crippen LogP contribution in [-0.4, -0.2) is 35.1 Å². The summed E-state index contributed by atoms with van der Waals surface area (Å²) in [7, 11) is 1.58. The minimum absolute atomic E-state index is 0.249. The number of aliphatic hydroxyl groups is 1. The molecule has 6 heteroatoms. The number of hydrogen-bond acceptors (Lipinski definition) is 5. The Labute approximate surface area is 158 Å². The van der Waals surface area contributed by atoms with Crippen molar-refractivity contribution in [3.63, 3.8) is 0 Å². The third-order valence-corrected chi connectivity index (χ3v) is 4.74. The van der Waals surface area contributed by atoms with Crippen molar-refractivity contribution in [1.29, 1.82) is 0 Å². The standard InChI is InChI=1S/C21H23NO5/c1-3-27-21(25)17-11-14-8-6-9-16(13-23)20(24)19(14)22(17)12-15-7-4-5-10-18(15)26-2/h4-5,7,10-11,13,23H,3,6,8-9,12H2,1-2H3. The number of methoxy groups -OCH3 is 1. The van der Waals surface area contributed by atoms with Gasteiger partial charge in [-0.1, -0.05) is 18.2 Å². The molecule has 1 heterocycles. The molecule has 0 saturated carbocycles. The summed E-state index contributed by atoms with van der Waals surface area (Å²) in [4.78, 5) is 25.5. The summed E-state index contributed by atoms with van der Waals surface area (Å²) in [6, 6.07) is 9.21. The van der Waals surface area contributed by atoms with Crippen LogP contribution in [0.1, 0.15) is 51.9 Å². The molecule has 1 aromatic carbocycles. The number of ether oxygens (including phenoxy) is 2. The summed E-state index contributed by atoms with van der Waals surface area (Å²) < 4.78 is 12.3. The van der Waals surface area contributed by atoms with E-state index in [0.717, 1.165) is 23.8 Å². The minimum atomic E-state index is -0.470. The quantitative estimate of drug-likeness (QED) is 0.376. The van der Waals surface area contributed by atoms with Crippen LogP contribution in [0.5, 0.6) is 5.75 Å². The van der Waals surface area contributed by atoms with Crippen LogP contribution in [0.3, 0.4) is 0 Å². The third-order valence-electron chi connectivity index (χ3n) is 4.74. The van der Waals surface area contributed by atoms with Gasteiger partial charge in [-0.3, -0.25) is 4.79 Å². The molecule has 0 aliphatic heterocycles. The van der Waals surface area contributed by atoms with Crippen LogP contribution < -0.4 is 4.74 Å². The van der Waals surface area contributed by atoms with Crippen LogP contribution >= 0.6 is 0 Å². The second kappa shape index (κ2) is 8.12. The van der Waals surface area contributed by atoms with E-state index in [9.17, 15) is 14.7 Å². The normalized spacial score (nSPS) is 15.3. The van der Waals surface area contributed by atoms with Gasteiger partial charge in [0.05, 0.1) is 32.2 Å². The lowest BCUT2D eigenvalue weighted by atomic mass is 10.1. The molecular formula is C21H23NO5. The number of esters is 1. The Morgan fingerprint density at radius 2 is 2.07 bits per heavy atom. The molecule has 1 aliphatic rings. The number of fused-ring (bicyclic) bond motifs is 1. The van der Waals surface area contributed by atoms with E-state index >= 15 is 0 Å². The molecule has 3 rings (SSSR count). The lowest BCUT2D eigenvalue weighted by Crippen LogP contribution is -2.18. The summed E-state index contributed by atoms with van der Waals surface area (Å²) in [6.45, 7) is 2.28. The highest BCUT2D eigenvalue weighted by Crippen LogP contribution is 2.30. The molecule has 27 heavy (non-hydrogen) atoms. The van der Waals surface area contributed by atoms with Crippen LogP contribution in [0.15, 0.2) is 42.2 Å². The predicted octanol–water partition coefficient (Wildman–Crippen LogP) is 3.68. The molecular weight excluding hydrogens is 346 g/mol. The van der Waals surface area contributed by atoms with Crippen molar-refractivity contribution >= 4 is 11.8 Å². The zero-order valence-corrected chi connectivity index (χ0v) is 15.5. The highest BCUT2D eigenvalue weighted by Gasteiger charge is 2.29. The highest BCUT2D eigenvalue weighted by molar-refractivity contribution is 6.10. The molecule has 2 aromatic rings. The Morgan fingerprint density at radius 1 is 1.30 bits per heavy atom. The van der Waals surface area contributed by atoms with E-state index in [-0.39, 0.29) is 18.9 Å². The highest BCUT2D eigenvalue weighted by atomic mass is 16.5. The van der Waals surface area contributed by atoms with Crippen molar-refractivity contribution in [2.24, 2.45) is 0 Å². The SMILES string of the molecule is CCOC(=O)c1cc2c(n1Cc1ccccc1OC)C(=O)C(=CO)CCC2. The maximum atomic E-state index is 13.0. The fourth-order valence-electron chi connectivity index (χ4n) is 3.46. The number of carbonyl (C=O) groups is 2. The second-order valence-corrected chi connectivity index (χ2v) is 6.36.